The maximum Gasteiger partial charge on any atom is 0.150 e. The van der Waals surface area contributed by atoms with Crippen molar-refractivity contribution in [3.05, 3.63) is 58.4 Å². The predicted octanol–water partition coefficient (Wildman–Crippen LogP) is 3.43. The van der Waals surface area contributed by atoms with Crippen LogP contribution in [0.15, 0.2) is 36.7 Å². The third-order valence-corrected chi connectivity index (χ3v) is 2.71. The van der Waals surface area contributed by atoms with Crippen LogP contribution >= 0.6 is 11.6 Å². The number of benzene rings is 1. The summed E-state index contributed by atoms with van der Waals surface area (Å²) in [5.41, 5.74) is 2.59. The van der Waals surface area contributed by atoms with Gasteiger partial charge in [-0.2, -0.15) is 0 Å². The first-order valence-corrected chi connectivity index (χ1v) is 5.85. The SMILES string of the molecule is Cc1cncc(COc2ccc(C=O)cc2Cl)c1. The fourth-order valence-corrected chi connectivity index (χ4v) is 1.81. The van der Waals surface area contributed by atoms with Crippen LogP contribution in [0.3, 0.4) is 0 Å². The fourth-order valence-electron chi connectivity index (χ4n) is 1.57. The summed E-state index contributed by atoms with van der Waals surface area (Å²) in [6, 6.07) is 6.94. The summed E-state index contributed by atoms with van der Waals surface area (Å²) in [5, 5.41) is 0.431. The molecule has 0 saturated carbocycles. The number of hydrogen-bond acceptors (Lipinski definition) is 3. The Morgan fingerprint density at radius 3 is 2.83 bits per heavy atom. The standard InChI is InChI=1S/C14H12ClNO2/c1-10-4-12(7-16-6-10)9-18-14-3-2-11(8-17)5-13(14)15/h2-8H,9H2,1H3. The molecular weight excluding hydrogens is 250 g/mol. The molecule has 0 bridgehead atoms. The van der Waals surface area contributed by atoms with Crippen LogP contribution in [0.1, 0.15) is 21.5 Å². The van der Waals surface area contributed by atoms with Crippen molar-refractivity contribution in [2.45, 2.75) is 13.5 Å². The lowest BCUT2D eigenvalue weighted by molar-refractivity contribution is 0.112. The van der Waals surface area contributed by atoms with Gasteiger partial charge in [-0.1, -0.05) is 11.6 Å². The number of halogens is 1. The summed E-state index contributed by atoms with van der Waals surface area (Å²) in [4.78, 5) is 14.7. The average molecular weight is 262 g/mol. The minimum absolute atomic E-state index is 0.398. The number of carbonyl (C=O) groups is 1. The number of pyridine rings is 1. The number of carbonyl (C=O) groups excluding carboxylic acids is 1. The van der Waals surface area contributed by atoms with Gasteiger partial charge in [-0.3, -0.25) is 9.78 Å². The molecule has 2 rings (SSSR count). The van der Waals surface area contributed by atoms with E-state index in [0.29, 0.717) is 22.9 Å². The van der Waals surface area contributed by atoms with Crippen LogP contribution in [-0.2, 0) is 6.61 Å². The molecule has 0 fully saturated rings. The lowest BCUT2D eigenvalue weighted by Crippen LogP contribution is -1.97. The number of hydrogen-bond donors (Lipinski definition) is 0. The van der Waals surface area contributed by atoms with Crippen molar-refractivity contribution in [2.75, 3.05) is 0 Å². The van der Waals surface area contributed by atoms with Crippen LogP contribution in [-0.4, -0.2) is 11.3 Å². The van der Waals surface area contributed by atoms with Crippen molar-refractivity contribution >= 4 is 17.9 Å². The van der Waals surface area contributed by atoms with Crippen molar-refractivity contribution < 1.29 is 9.53 Å². The van der Waals surface area contributed by atoms with Crippen molar-refractivity contribution in [1.82, 2.24) is 4.98 Å². The van der Waals surface area contributed by atoms with Gasteiger partial charge in [0, 0.05) is 23.5 Å². The van der Waals surface area contributed by atoms with Gasteiger partial charge in [0.05, 0.1) is 5.02 Å². The molecule has 0 aliphatic carbocycles. The Morgan fingerprint density at radius 2 is 2.17 bits per heavy atom. The highest BCUT2D eigenvalue weighted by Gasteiger charge is 2.03. The zero-order valence-electron chi connectivity index (χ0n) is 9.89. The monoisotopic (exact) mass is 261 g/mol. The lowest BCUT2D eigenvalue weighted by atomic mass is 10.2. The molecule has 0 N–H and O–H groups in total. The smallest absolute Gasteiger partial charge is 0.150 e. The van der Waals surface area contributed by atoms with E-state index in [1.807, 2.05) is 13.0 Å². The number of rotatable bonds is 4. The van der Waals surface area contributed by atoms with E-state index in [2.05, 4.69) is 4.98 Å². The van der Waals surface area contributed by atoms with Crippen LogP contribution in [0.25, 0.3) is 0 Å². The Kier molecular flexibility index (Phi) is 3.95. The first kappa shape index (κ1) is 12.6. The minimum Gasteiger partial charge on any atom is -0.487 e. The predicted molar refractivity (Wildman–Crippen MR) is 70.1 cm³/mol. The maximum atomic E-state index is 10.6. The van der Waals surface area contributed by atoms with Gasteiger partial charge in [0.15, 0.2) is 0 Å². The zero-order chi connectivity index (χ0) is 13.0. The first-order chi connectivity index (χ1) is 8.69. The summed E-state index contributed by atoms with van der Waals surface area (Å²) in [7, 11) is 0. The Labute approximate surface area is 110 Å². The second-order valence-electron chi connectivity index (χ2n) is 3.97. The van der Waals surface area contributed by atoms with Crippen LogP contribution < -0.4 is 4.74 Å². The van der Waals surface area contributed by atoms with E-state index >= 15 is 0 Å². The van der Waals surface area contributed by atoms with Gasteiger partial charge in [-0.05, 0) is 36.8 Å². The number of nitrogens with zero attached hydrogens (tertiary/aromatic N) is 1. The average Bonchev–Trinajstić information content (AvgIpc) is 2.37. The summed E-state index contributed by atoms with van der Waals surface area (Å²) < 4.78 is 5.59. The molecule has 0 aliphatic heterocycles. The lowest BCUT2D eigenvalue weighted by Gasteiger charge is -2.08. The van der Waals surface area contributed by atoms with Gasteiger partial charge in [0.25, 0.3) is 0 Å². The molecule has 1 aromatic heterocycles. The van der Waals surface area contributed by atoms with Gasteiger partial charge in [0.2, 0.25) is 0 Å². The largest absolute Gasteiger partial charge is 0.487 e. The maximum absolute atomic E-state index is 10.6. The van der Waals surface area contributed by atoms with Crippen molar-refractivity contribution in [2.24, 2.45) is 0 Å². The van der Waals surface area contributed by atoms with Crippen molar-refractivity contribution in [3.63, 3.8) is 0 Å². The molecule has 0 spiro atoms. The summed E-state index contributed by atoms with van der Waals surface area (Å²) in [5.74, 6) is 0.559. The third-order valence-electron chi connectivity index (χ3n) is 2.42. The Morgan fingerprint density at radius 1 is 1.33 bits per heavy atom. The molecule has 4 heteroatoms. The molecule has 3 nitrogen and oxygen atoms in total. The fraction of sp³-hybridized carbons (Fsp3) is 0.143. The third kappa shape index (κ3) is 3.08. The first-order valence-electron chi connectivity index (χ1n) is 5.47. The van der Waals surface area contributed by atoms with Crippen LogP contribution in [0.5, 0.6) is 5.75 Å². The normalized spacial score (nSPS) is 10.1. The molecule has 0 atom stereocenters. The van der Waals surface area contributed by atoms with E-state index in [1.165, 1.54) is 0 Å². The number of aromatic nitrogens is 1. The molecule has 0 radical (unpaired) electrons. The van der Waals surface area contributed by atoms with Gasteiger partial charge < -0.3 is 4.74 Å². The molecule has 2 aromatic rings. The molecule has 1 heterocycles. The molecule has 0 saturated heterocycles. The second-order valence-corrected chi connectivity index (χ2v) is 4.37. The van der Waals surface area contributed by atoms with E-state index in [0.717, 1.165) is 17.4 Å². The van der Waals surface area contributed by atoms with Crippen LogP contribution in [0.2, 0.25) is 5.02 Å². The second kappa shape index (κ2) is 5.65. The molecule has 1 aromatic carbocycles. The van der Waals surface area contributed by atoms with Crippen LogP contribution in [0.4, 0.5) is 0 Å². The molecule has 18 heavy (non-hydrogen) atoms. The number of ether oxygens (including phenoxy) is 1. The molecule has 0 amide bonds. The molecule has 0 aliphatic rings. The van der Waals surface area contributed by atoms with Crippen LogP contribution in [0, 0.1) is 6.92 Å². The topological polar surface area (TPSA) is 39.2 Å². The zero-order valence-corrected chi connectivity index (χ0v) is 10.6. The highest BCUT2D eigenvalue weighted by Crippen LogP contribution is 2.25. The summed E-state index contributed by atoms with van der Waals surface area (Å²) >= 11 is 6.01. The Bertz CT molecular complexity index is 569. The van der Waals surface area contributed by atoms with Crippen molar-refractivity contribution in [3.8, 4) is 5.75 Å². The summed E-state index contributed by atoms with van der Waals surface area (Å²) in [6.45, 7) is 2.37. The number of aldehydes is 1. The minimum atomic E-state index is 0.398. The van der Waals surface area contributed by atoms with Crippen molar-refractivity contribution in [1.29, 1.82) is 0 Å². The highest BCUT2D eigenvalue weighted by atomic mass is 35.5. The quantitative estimate of drug-likeness (QED) is 0.792. The highest BCUT2D eigenvalue weighted by molar-refractivity contribution is 6.32. The molecule has 92 valence electrons. The van der Waals surface area contributed by atoms with E-state index in [-0.39, 0.29) is 0 Å². The van der Waals surface area contributed by atoms with Gasteiger partial charge in [-0.25, -0.2) is 0 Å². The van der Waals surface area contributed by atoms with E-state index in [1.54, 1.807) is 30.6 Å². The van der Waals surface area contributed by atoms with E-state index in [9.17, 15) is 4.79 Å². The number of aryl methyl sites for hydroxylation is 1. The van der Waals surface area contributed by atoms with Gasteiger partial charge in [-0.15, -0.1) is 0 Å². The van der Waals surface area contributed by atoms with Gasteiger partial charge >= 0.3 is 0 Å². The molecule has 0 unspecified atom stereocenters. The summed E-state index contributed by atoms with van der Waals surface area (Å²) in [6.07, 6.45) is 4.29. The molecular formula is C14H12ClNO2. The Hall–Kier alpha value is -1.87. The van der Waals surface area contributed by atoms with Gasteiger partial charge in [0.1, 0.15) is 18.6 Å². The van der Waals surface area contributed by atoms with E-state index < -0.39 is 0 Å². The van der Waals surface area contributed by atoms with E-state index in [4.69, 9.17) is 16.3 Å². The Balaban J connectivity index is 2.08.